The van der Waals surface area contributed by atoms with Gasteiger partial charge in [0.1, 0.15) is 5.54 Å². The molecule has 1 aliphatic heterocycles. The van der Waals surface area contributed by atoms with Gasteiger partial charge in [0.15, 0.2) is 0 Å². The Morgan fingerprint density at radius 3 is 2.38 bits per heavy atom. The lowest BCUT2D eigenvalue weighted by molar-refractivity contribution is -0.129. The SMILES string of the molecule is C=C(C)CN1C(=O)NC(C)(C)C1=O. The molecule has 0 spiro atoms. The van der Waals surface area contributed by atoms with E-state index < -0.39 is 5.54 Å². The van der Waals surface area contributed by atoms with E-state index in [1.54, 1.807) is 20.8 Å². The number of nitrogens with one attached hydrogen (secondary N) is 1. The molecule has 0 bridgehead atoms. The van der Waals surface area contributed by atoms with Gasteiger partial charge in [-0.1, -0.05) is 12.2 Å². The quantitative estimate of drug-likeness (QED) is 0.509. The first-order chi connectivity index (χ1) is 5.84. The lowest BCUT2D eigenvalue weighted by Crippen LogP contribution is -2.40. The van der Waals surface area contributed by atoms with Crippen molar-refractivity contribution < 1.29 is 9.59 Å². The number of urea groups is 1. The first-order valence-electron chi connectivity index (χ1n) is 4.13. The van der Waals surface area contributed by atoms with E-state index in [1.165, 1.54) is 4.90 Å². The maximum atomic E-state index is 11.6. The molecule has 3 amide bonds. The van der Waals surface area contributed by atoms with E-state index in [1.807, 2.05) is 0 Å². The van der Waals surface area contributed by atoms with E-state index >= 15 is 0 Å². The van der Waals surface area contributed by atoms with Crippen molar-refractivity contribution >= 4 is 11.9 Å². The number of amides is 3. The van der Waals surface area contributed by atoms with Crippen LogP contribution in [0.1, 0.15) is 20.8 Å². The monoisotopic (exact) mass is 182 g/mol. The van der Waals surface area contributed by atoms with Gasteiger partial charge in [0.05, 0.1) is 6.54 Å². The van der Waals surface area contributed by atoms with Crippen molar-refractivity contribution in [2.45, 2.75) is 26.3 Å². The fraction of sp³-hybridized carbons (Fsp3) is 0.556. The summed E-state index contributed by atoms with van der Waals surface area (Å²) in [6.45, 7) is 9.12. The Bertz CT molecular complexity index is 281. The smallest absolute Gasteiger partial charge is 0.324 e. The van der Waals surface area contributed by atoms with Crippen LogP contribution in [0.25, 0.3) is 0 Å². The van der Waals surface area contributed by atoms with Gasteiger partial charge in [0, 0.05) is 0 Å². The first-order valence-corrected chi connectivity index (χ1v) is 4.13. The van der Waals surface area contributed by atoms with Gasteiger partial charge in [0.25, 0.3) is 5.91 Å². The van der Waals surface area contributed by atoms with Gasteiger partial charge in [-0.15, -0.1) is 0 Å². The second-order valence-electron chi connectivity index (χ2n) is 3.90. The average molecular weight is 182 g/mol. The maximum Gasteiger partial charge on any atom is 0.325 e. The minimum atomic E-state index is -0.771. The molecule has 72 valence electrons. The van der Waals surface area contributed by atoms with Crippen molar-refractivity contribution in [3.8, 4) is 0 Å². The van der Waals surface area contributed by atoms with Crippen LogP contribution in [0.4, 0.5) is 4.79 Å². The highest BCUT2D eigenvalue weighted by molar-refractivity contribution is 6.06. The van der Waals surface area contributed by atoms with Crippen molar-refractivity contribution in [1.29, 1.82) is 0 Å². The number of rotatable bonds is 2. The Hall–Kier alpha value is -1.32. The predicted octanol–water partition coefficient (Wildman–Crippen LogP) is 0.893. The van der Waals surface area contributed by atoms with Crippen molar-refractivity contribution in [3.63, 3.8) is 0 Å². The molecule has 1 saturated heterocycles. The molecule has 1 aliphatic rings. The van der Waals surface area contributed by atoms with Crippen LogP contribution in [0.15, 0.2) is 12.2 Å². The number of imide groups is 1. The van der Waals surface area contributed by atoms with Crippen LogP contribution in [-0.4, -0.2) is 28.9 Å². The van der Waals surface area contributed by atoms with Gasteiger partial charge in [-0.05, 0) is 20.8 Å². The summed E-state index contributed by atoms with van der Waals surface area (Å²) in [6, 6.07) is -0.335. The van der Waals surface area contributed by atoms with Crippen LogP contribution in [-0.2, 0) is 4.79 Å². The van der Waals surface area contributed by atoms with Crippen LogP contribution in [0, 0.1) is 0 Å². The average Bonchev–Trinajstić information content (AvgIpc) is 2.12. The molecule has 0 atom stereocenters. The van der Waals surface area contributed by atoms with Crippen LogP contribution >= 0.6 is 0 Å². The van der Waals surface area contributed by atoms with Crippen LogP contribution in [0.3, 0.4) is 0 Å². The van der Waals surface area contributed by atoms with E-state index in [0.29, 0.717) is 6.54 Å². The molecule has 0 unspecified atom stereocenters. The van der Waals surface area contributed by atoms with Crippen molar-refractivity contribution in [2.75, 3.05) is 6.54 Å². The third-order valence-electron chi connectivity index (χ3n) is 1.87. The molecule has 0 aromatic heterocycles. The zero-order chi connectivity index (χ0) is 10.2. The highest BCUT2D eigenvalue weighted by Crippen LogP contribution is 2.17. The second kappa shape index (κ2) is 2.87. The summed E-state index contributed by atoms with van der Waals surface area (Å²) in [5.41, 5.74) is 0.0215. The molecule has 0 saturated carbocycles. The standard InChI is InChI=1S/C9H14N2O2/c1-6(2)5-11-7(12)9(3,4)10-8(11)13/h1,5H2,2-4H3,(H,10,13). The highest BCUT2D eigenvalue weighted by Gasteiger charge is 2.43. The summed E-state index contributed by atoms with van der Waals surface area (Å²) in [5, 5.41) is 2.59. The van der Waals surface area contributed by atoms with Crippen LogP contribution in [0.5, 0.6) is 0 Å². The van der Waals surface area contributed by atoms with Gasteiger partial charge in [-0.3, -0.25) is 9.69 Å². The maximum absolute atomic E-state index is 11.6. The van der Waals surface area contributed by atoms with Crippen LogP contribution in [0.2, 0.25) is 0 Å². The highest BCUT2D eigenvalue weighted by atomic mass is 16.2. The van der Waals surface area contributed by atoms with E-state index in [9.17, 15) is 9.59 Å². The van der Waals surface area contributed by atoms with E-state index in [4.69, 9.17) is 0 Å². The second-order valence-corrected chi connectivity index (χ2v) is 3.90. The summed E-state index contributed by atoms with van der Waals surface area (Å²) in [5.74, 6) is -0.194. The molecular weight excluding hydrogens is 168 g/mol. The number of carbonyl (C=O) groups excluding carboxylic acids is 2. The zero-order valence-electron chi connectivity index (χ0n) is 8.18. The zero-order valence-corrected chi connectivity index (χ0v) is 8.18. The lowest BCUT2D eigenvalue weighted by atomic mass is 10.1. The molecular formula is C9H14N2O2. The van der Waals surface area contributed by atoms with Crippen molar-refractivity contribution in [2.24, 2.45) is 0 Å². The third-order valence-corrected chi connectivity index (χ3v) is 1.87. The van der Waals surface area contributed by atoms with Gasteiger partial charge in [-0.25, -0.2) is 4.79 Å². The minimum Gasteiger partial charge on any atom is -0.324 e. The molecule has 1 rings (SSSR count). The fourth-order valence-corrected chi connectivity index (χ4v) is 1.23. The first kappa shape index (κ1) is 9.77. The van der Waals surface area contributed by atoms with Gasteiger partial charge in [-0.2, -0.15) is 0 Å². The number of hydrogen-bond acceptors (Lipinski definition) is 2. The molecule has 0 aromatic rings. The summed E-state index contributed by atoms with van der Waals surface area (Å²) in [7, 11) is 0. The lowest BCUT2D eigenvalue weighted by Gasteiger charge is -2.15. The van der Waals surface area contributed by atoms with Gasteiger partial charge < -0.3 is 5.32 Å². The van der Waals surface area contributed by atoms with E-state index in [2.05, 4.69) is 11.9 Å². The molecule has 1 heterocycles. The Balaban J connectivity index is 2.83. The Kier molecular flexibility index (Phi) is 2.15. The van der Waals surface area contributed by atoms with E-state index in [0.717, 1.165) is 5.57 Å². The number of nitrogens with zero attached hydrogens (tertiary/aromatic N) is 1. The molecule has 4 nitrogen and oxygen atoms in total. The molecule has 1 fully saturated rings. The summed E-state index contributed by atoms with van der Waals surface area (Å²) in [6.07, 6.45) is 0. The fourth-order valence-electron chi connectivity index (χ4n) is 1.23. The normalized spacial score (nSPS) is 20.4. The summed E-state index contributed by atoms with van der Waals surface area (Å²) >= 11 is 0. The Morgan fingerprint density at radius 1 is 1.54 bits per heavy atom. The molecule has 0 aliphatic carbocycles. The molecule has 4 heteroatoms. The van der Waals surface area contributed by atoms with E-state index in [-0.39, 0.29) is 11.9 Å². The topological polar surface area (TPSA) is 49.4 Å². The summed E-state index contributed by atoms with van der Waals surface area (Å²) in [4.78, 5) is 24.0. The van der Waals surface area contributed by atoms with Crippen molar-refractivity contribution in [3.05, 3.63) is 12.2 Å². The molecule has 0 aromatic carbocycles. The minimum absolute atomic E-state index is 0.194. The molecule has 1 N–H and O–H groups in total. The number of hydrogen-bond donors (Lipinski definition) is 1. The van der Waals surface area contributed by atoms with Crippen LogP contribution < -0.4 is 5.32 Å². The third kappa shape index (κ3) is 1.71. The van der Waals surface area contributed by atoms with Crippen molar-refractivity contribution in [1.82, 2.24) is 10.2 Å². The molecule has 13 heavy (non-hydrogen) atoms. The predicted molar refractivity (Wildman–Crippen MR) is 49.1 cm³/mol. The molecule has 0 radical (unpaired) electrons. The summed E-state index contributed by atoms with van der Waals surface area (Å²) < 4.78 is 0. The number of carbonyl (C=O) groups is 2. The Labute approximate surface area is 77.6 Å². The Morgan fingerprint density at radius 2 is 2.08 bits per heavy atom. The largest absolute Gasteiger partial charge is 0.325 e. The van der Waals surface area contributed by atoms with Gasteiger partial charge >= 0.3 is 6.03 Å². The van der Waals surface area contributed by atoms with Gasteiger partial charge in [0.2, 0.25) is 0 Å².